The molecule has 0 saturated heterocycles. The van der Waals surface area contributed by atoms with Crippen LogP contribution >= 0.6 is 11.3 Å². The van der Waals surface area contributed by atoms with Gasteiger partial charge in [0.2, 0.25) is 0 Å². The number of para-hydroxylation sites is 2. The molecule has 10 aromatic rings. The lowest BCUT2D eigenvalue weighted by atomic mass is 9.99. The van der Waals surface area contributed by atoms with E-state index in [1.165, 1.54) is 69.3 Å². The molecule has 200 valence electrons. The van der Waals surface area contributed by atoms with Gasteiger partial charge in [-0.1, -0.05) is 91.0 Å². The number of aromatic nitrogens is 1. The van der Waals surface area contributed by atoms with Crippen LogP contribution in [-0.4, -0.2) is 4.57 Å². The molecule has 3 heteroatoms. The van der Waals surface area contributed by atoms with Crippen LogP contribution in [0.1, 0.15) is 0 Å². The van der Waals surface area contributed by atoms with Gasteiger partial charge in [-0.05, 0) is 64.9 Å². The van der Waals surface area contributed by atoms with E-state index in [4.69, 9.17) is 4.42 Å². The molecule has 0 aliphatic rings. The van der Waals surface area contributed by atoms with E-state index in [9.17, 15) is 0 Å². The molecule has 0 aliphatic heterocycles. The Hall–Kier alpha value is -5.38. The summed E-state index contributed by atoms with van der Waals surface area (Å²) in [6.45, 7) is 0. The first-order valence-corrected chi connectivity index (χ1v) is 15.4. The van der Waals surface area contributed by atoms with Crippen molar-refractivity contribution in [3.63, 3.8) is 0 Å². The highest BCUT2D eigenvalue weighted by atomic mass is 32.1. The Kier molecular flexibility index (Phi) is 4.63. The molecule has 0 N–H and O–H groups in total. The second-order valence-electron chi connectivity index (χ2n) is 11.3. The maximum absolute atomic E-state index is 6.51. The normalized spacial score (nSPS) is 12.2. The second-order valence-corrected chi connectivity index (χ2v) is 12.4. The molecule has 10 rings (SSSR count). The van der Waals surface area contributed by atoms with Crippen LogP contribution in [0.2, 0.25) is 0 Å². The van der Waals surface area contributed by atoms with Gasteiger partial charge in [0.1, 0.15) is 11.2 Å². The van der Waals surface area contributed by atoms with Crippen LogP contribution in [0.3, 0.4) is 0 Å². The minimum absolute atomic E-state index is 0.931. The van der Waals surface area contributed by atoms with Crippen molar-refractivity contribution >= 4 is 86.0 Å². The molecule has 0 atom stereocenters. The van der Waals surface area contributed by atoms with Crippen LogP contribution in [0.15, 0.2) is 144 Å². The zero-order valence-corrected chi connectivity index (χ0v) is 23.9. The lowest BCUT2D eigenvalue weighted by Gasteiger charge is -2.11. The van der Waals surface area contributed by atoms with Crippen LogP contribution in [0.4, 0.5) is 0 Å². The van der Waals surface area contributed by atoms with Crippen LogP contribution in [0.25, 0.3) is 91.5 Å². The van der Waals surface area contributed by atoms with Gasteiger partial charge in [-0.25, -0.2) is 0 Å². The molecule has 0 fully saturated rings. The van der Waals surface area contributed by atoms with Gasteiger partial charge in [-0.15, -0.1) is 11.3 Å². The molecule has 3 aromatic heterocycles. The van der Waals surface area contributed by atoms with Gasteiger partial charge < -0.3 is 8.98 Å². The van der Waals surface area contributed by atoms with Crippen molar-refractivity contribution in [3.8, 4) is 16.8 Å². The molecule has 0 radical (unpaired) electrons. The third-order valence-corrected chi connectivity index (χ3v) is 10.2. The number of thiophene rings is 1. The highest BCUT2D eigenvalue weighted by molar-refractivity contribution is 7.26. The number of furan rings is 1. The molecule has 0 unspecified atom stereocenters. The van der Waals surface area contributed by atoms with Gasteiger partial charge in [0.25, 0.3) is 0 Å². The summed E-state index contributed by atoms with van der Waals surface area (Å²) >= 11 is 1.85. The van der Waals surface area contributed by atoms with E-state index in [1.807, 2.05) is 17.4 Å². The van der Waals surface area contributed by atoms with Gasteiger partial charge in [-0.3, -0.25) is 0 Å². The van der Waals surface area contributed by atoms with E-state index < -0.39 is 0 Å². The zero-order chi connectivity index (χ0) is 28.1. The van der Waals surface area contributed by atoms with Gasteiger partial charge in [0, 0.05) is 53.0 Å². The maximum atomic E-state index is 6.51. The molecule has 0 saturated carbocycles. The summed E-state index contributed by atoms with van der Waals surface area (Å²) in [5, 5.41) is 9.86. The molecule has 2 nitrogen and oxygen atoms in total. The van der Waals surface area contributed by atoms with Gasteiger partial charge in [0.05, 0.1) is 11.0 Å². The molecular formula is C40H23NOS. The third-order valence-electron chi connectivity index (χ3n) is 8.97. The summed E-state index contributed by atoms with van der Waals surface area (Å²) in [7, 11) is 0. The first-order valence-electron chi connectivity index (χ1n) is 14.6. The summed E-state index contributed by atoms with van der Waals surface area (Å²) in [6.07, 6.45) is 0. The Bertz CT molecular complexity index is 2720. The minimum Gasteiger partial charge on any atom is -0.455 e. The molecule has 7 aromatic carbocycles. The summed E-state index contributed by atoms with van der Waals surface area (Å²) in [5.41, 5.74) is 7.97. The molecule has 3 heterocycles. The number of hydrogen-bond donors (Lipinski definition) is 0. The van der Waals surface area contributed by atoms with Crippen molar-refractivity contribution in [2.75, 3.05) is 0 Å². The van der Waals surface area contributed by atoms with Crippen molar-refractivity contribution in [1.82, 2.24) is 4.57 Å². The van der Waals surface area contributed by atoms with Gasteiger partial charge >= 0.3 is 0 Å². The fraction of sp³-hybridized carbons (Fsp3) is 0. The monoisotopic (exact) mass is 565 g/mol. The van der Waals surface area contributed by atoms with E-state index in [0.717, 1.165) is 22.2 Å². The Morgan fingerprint density at radius 1 is 0.512 bits per heavy atom. The highest BCUT2D eigenvalue weighted by Crippen LogP contribution is 2.46. The summed E-state index contributed by atoms with van der Waals surface area (Å²) in [4.78, 5) is 0. The quantitative estimate of drug-likeness (QED) is 0.204. The second kappa shape index (κ2) is 8.57. The summed E-state index contributed by atoms with van der Waals surface area (Å²) < 4.78 is 11.5. The Morgan fingerprint density at radius 3 is 2.07 bits per heavy atom. The highest BCUT2D eigenvalue weighted by Gasteiger charge is 2.19. The molecule has 0 aliphatic carbocycles. The van der Waals surface area contributed by atoms with Gasteiger partial charge in [-0.2, -0.15) is 0 Å². The largest absolute Gasteiger partial charge is 0.455 e. The number of rotatable bonds is 2. The van der Waals surface area contributed by atoms with E-state index >= 15 is 0 Å². The Balaban J connectivity index is 1.23. The van der Waals surface area contributed by atoms with Crippen molar-refractivity contribution in [1.29, 1.82) is 0 Å². The molecule has 0 amide bonds. The van der Waals surface area contributed by atoms with E-state index in [2.05, 4.69) is 138 Å². The first-order chi connectivity index (χ1) is 21.3. The SMILES string of the molecule is c1ccc2cc3c(cc2c1)c1ccccc1n3-c1ccc(-c2cc3c4ccccc4oc3c3c2sc2ccccc23)cc1. The van der Waals surface area contributed by atoms with E-state index in [0.29, 0.717) is 0 Å². The smallest absolute Gasteiger partial charge is 0.144 e. The number of hydrogen-bond acceptors (Lipinski definition) is 2. The Morgan fingerprint density at radius 2 is 1.21 bits per heavy atom. The average molecular weight is 566 g/mol. The predicted octanol–water partition coefficient (Wildman–Crippen LogP) is 11.9. The molecule has 43 heavy (non-hydrogen) atoms. The minimum atomic E-state index is 0.931. The maximum Gasteiger partial charge on any atom is 0.144 e. The van der Waals surface area contributed by atoms with Crippen molar-refractivity contribution < 1.29 is 4.42 Å². The van der Waals surface area contributed by atoms with Crippen molar-refractivity contribution in [2.45, 2.75) is 0 Å². The third kappa shape index (κ3) is 3.23. The Labute approximate surface area is 250 Å². The predicted molar refractivity (Wildman–Crippen MR) is 184 cm³/mol. The first kappa shape index (κ1) is 23.2. The van der Waals surface area contributed by atoms with Crippen LogP contribution in [0, 0.1) is 0 Å². The van der Waals surface area contributed by atoms with Crippen molar-refractivity contribution in [3.05, 3.63) is 140 Å². The number of nitrogens with zero attached hydrogens (tertiary/aromatic N) is 1. The zero-order valence-electron chi connectivity index (χ0n) is 23.0. The molecule has 0 bridgehead atoms. The topological polar surface area (TPSA) is 18.1 Å². The molecular weight excluding hydrogens is 543 g/mol. The lowest BCUT2D eigenvalue weighted by molar-refractivity contribution is 0.673. The number of benzene rings is 7. The average Bonchev–Trinajstić information content (AvgIpc) is 3.73. The summed E-state index contributed by atoms with van der Waals surface area (Å²) in [6, 6.07) is 50.5. The van der Waals surface area contributed by atoms with Crippen LogP contribution < -0.4 is 0 Å². The van der Waals surface area contributed by atoms with Crippen LogP contribution in [0.5, 0.6) is 0 Å². The van der Waals surface area contributed by atoms with Crippen LogP contribution in [-0.2, 0) is 0 Å². The standard InChI is InChI=1S/C40H23NOS/c1-2-10-26-22-35-32(21-25(26)9-1)28-11-3-6-14-34(28)41(35)27-19-17-24(18-20-27)31-23-33-29-12-4-7-15-36(29)42-39(33)38-30-13-5-8-16-37(30)43-40(31)38/h1-23H. The fourth-order valence-corrected chi connectivity index (χ4v) is 8.24. The summed E-state index contributed by atoms with van der Waals surface area (Å²) in [5.74, 6) is 0. The molecule has 0 spiro atoms. The number of fused-ring (bicyclic) bond motifs is 11. The fourth-order valence-electron chi connectivity index (χ4n) is 7.00. The van der Waals surface area contributed by atoms with E-state index in [1.54, 1.807) is 0 Å². The van der Waals surface area contributed by atoms with E-state index in [-0.39, 0.29) is 0 Å². The van der Waals surface area contributed by atoms with Crippen molar-refractivity contribution in [2.24, 2.45) is 0 Å². The lowest BCUT2D eigenvalue weighted by Crippen LogP contribution is -1.93. The van der Waals surface area contributed by atoms with Gasteiger partial charge in [0.15, 0.2) is 0 Å².